The molecule has 1 aromatic carbocycles. The summed E-state index contributed by atoms with van der Waals surface area (Å²) >= 11 is 0. The van der Waals surface area contributed by atoms with Crippen LogP contribution in [0.1, 0.15) is 28.9 Å². The Bertz CT molecular complexity index is 906. The van der Waals surface area contributed by atoms with E-state index in [0.717, 1.165) is 18.5 Å². The Kier molecular flexibility index (Phi) is 7.57. The number of hydrogen-bond donors (Lipinski definition) is 0. The van der Waals surface area contributed by atoms with Crippen LogP contribution in [0.25, 0.3) is 0 Å². The first kappa shape index (κ1) is 22.7. The predicted molar refractivity (Wildman–Crippen MR) is 116 cm³/mol. The minimum Gasteiger partial charge on any atom is -0.497 e. The number of carbonyl (C=O) groups excluding carboxylic acids is 2. The van der Waals surface area contributed by atoms with Gasteiger partial charge in [-0.05, 0) is 37.1 Å². The summed E-state index contributed by atoms with van der Waals surface area (Å²) in [5.41, 5.74) is 1.44. The van der Waals surface area contributed by atoms with Gasteiger partial charge in [-0.1, -0.05) is 0 Å². The molecule has 0 atom stereocenters. The van der Waals surface area contributed by atoms with Crippen LogP contribution in [0.15, 0.2) is 36.5 Å². The zero-order valence-electron chi connectivity index (χ0n) is 18.7. The van der Waals surface area contributed by atoms with E-state index in [2.05, 4.69) is 0 Å². The third-order valence-electron chi connectivity index (χ3n) is 5.51. The van der Waals surface area contributed by atoms with Gasteiger partial charge in [-0.2, -0.15) is 0 Å². The lowest BCUT2D eigenvalue weighted by molar-refractivity contribution is -0.133. The van der Waals surface area contributed by atoms with Crippen LogP contribution in [0.2, 0.25) is 0 Å². The van der Waals surface area contributed by atoms with E-state index in [1.165, 1.54) is 12.0 Å². The second-order valence-electron chi connectivity index (χ2n) is 7.65. The van der Waals surface area contributed by atoms with Gasteiger partial charge in [0.25, 0.3) is 5.91 Å². The molecule has 0 N–H and O–H groups in total. The number of nitrogens with zero attached hydrogens (tertiary/aromatic N) is 3. The maximum Gasteiger partial charge on any atom is 0.258 e. The Morgan fingerprint density at radius 2 is 1.90 bits per heavy atom. The number of aromatic nitrogens is 1. The van der Waals surface area contributed by atoms with Crippen molar-refractivity contribution >= 4 is 11.8 Å². The second-order valence-corrected chi connectivity index (χ2v) is 7.65. The number of benzene rings is 1. The summed E-state index contributed by atoms with van der Waals surface area (Å²) in [7, 11) is 6.60. The van der Waals surface area contributed by atoms with Crippen LogP contribution in [0.4, 0.5) is 0 Å². The molecule has 168 valence electrons. The van der Waals surface area contributed by atoms with Crippen LogP contribution in [0.3, 0.4) is 0 Å². The summed E-state index contributed by atoms with van der Waals surface area (Å²) in [5.74, 6) is 0.651. The van der Waals surface area contributed by atoms with Crippen LogP contribution in [-0.4, -0.2) is 73.2 Å². The first-order valence-corrected chi connectivity index (χ1v) is 10.4. The van der Waals surface area contributed by atoms with E-state index in [1.54, 1.807) is 32.4 Å². The average molecular weight is 430 g/mol. The van der Waals surface area contributed by atoms with Crippen molar-refractivity contribution in [2.45, 2.75) is 25.4 Å². The quantitative estimate of drug-likeness (QED) is 0.548. The monoisotopic (exact) mass is 429 g/mol. The molecule has 2 aromatic rings. The zero-order chi connectivity index (χ0) is 22.4. The summed E-state index contributed by atoms with van der Waals surface area (Å²) in [5, 5.41) is 0. The molecule has 8 nitrogen and oxygen atoms in total. The molecular weight excluding hydrogens is 398 g/mol. The number of rotatable bonds is 11. The highest BCUT2D eigenvalue weighted by atomic mass is 16.5. The van der Waals surface area contributed by atoms with E-state index in [-0.39, 0.29) is 24.4 Å². The smallest absolute Gasteiger partial charge is 0.258 e. The standard InChI is InChI=1S/C23H31N3O5/c1-24-11-5-6-18(24)15-26(17-7-8-17)22(27)16-25(12-13-29-2)23(28)20-10-9-19(30-3)14-21(20)31-4/h5-6,9-11,14,17H,7-8,12-13,15-16H2,1-4H3. The van der Waals surface area contributed by atoms with Crippen molar-refractivity contribution in [3.63, 3.8) is 0 Å². The van der Waals surface area contributed by atoms with E-state index < -0.39 is 0 Å². The molecule has 0 spiro atoms. The van der Waals surface area contributed by atoms with Crippen molar-refractivity contribution in [2.24, 2.45) is 7.05 Å². The van der Waals surface area contributed by atoms with E-state index >= 15 is 0 Å². The Labute approximate surface area is 183 Å². The number of amides is 2. The van der Waals surface area contributed by atoms with Gasteiger partial charge in [0.2, 0.25) is 5.91 Å². The van der Waals surface area contributed by atoms with Crippen molar-refractivity contribution in [3.8, 4) is 11.5 Å². The average Bonchev–Trinajstić information content (AvgIpc) is 3.55. The van der Waals surface area contributed by atoms with Gasteiger partial charge < -0.3 is 28.6 Å². The SMILES string of the molecule is COCCN(CC(=O)N(Cc1cccn1C)C1CC1)C(=O)c1ccc(OC)cc1OC. The van der Waals surface area contributed by atoms with Gasteiger partial charge in [0.05, 0.1) is 32.9 Å². The predicted octanol–water partition coefficient (Wildman–Crippen LogP) is 2.32. The van der Waals surface area contributed by atoms with Crippen LogP contribution in [0, 0.1) is 0 Å². The number of methoxy groups -OCH3 is 3. The minimum atomic E-state index is -0.278. The van der Waals surface area contributed by atoms with Crippen molar-refractivity contribution in [3.05, 3.63) is 47.8 Å². The topological polar surface area (TPSA) is 73.2 Å². The molecule has 0 bridgehead atoms. The summed E-state index contributed by atoms with van der Waals surface area (Å²) in [4.78, 5) is 30.0. The van der Waals surface area contributed by atoms with Gasteiger partial charge in [-0.25, -0.2) is 0 Å². The molecule has 8 heteroatoms. The molecule has 1 aliphatic carbocycles. The number of carbonyl (C=O) groups is 2. The van der Waals surface area contributed by atoms with Gasteiger partial charge >= 0.3 is 0 Å². The highest BCUT2D eigenvalue weighted by molar-refractivity contribution is 5.99. The van der Waals surface area contributed by atoms with Crippen molar-refractivity contribution in [1.82, 2.24) is 14.4 Å². The molecule has 3 rings (SSSR count). The van der Waals surface area contributed by atoms with Crippen LogP contribution in [0.5, 0.6) is 11.5 Å². The van der Waals surface area contributed by atoms with Crippen LogP contribution in [-0.2, 0) is 23.1 Å². The first-order valence-electron chi connectivity index (χ1n) is 10.4. The number of ether oxygens (including phenoxy) is 3. The molecule has 1 aliphatic rings. The maximum absolute atomic E-state index is 13.3. The van der Waals surface area contributed by atoms with Gasteiger partial charge in [0.1, 0.15) is 18.0 Å². The Morgan fingerprint density at radius 1 is 1.13 bits per heavy atom. The minimum absolute atomic E-state index is 0.0156. The normalized spacial score (nSPS) is 13.0. The summed E-state index contributed by atoms with van der Waals surface area (Å²) in [6, 6.07) is 9.24. The molecule has 0 saturated heterocycles. The van der Waals surface area contributed by atoms with Crippen molar-refractivity contribution in [1.29, 1.82) is 0 Å². The van der Waals surface area contributed by atoms with E-state index in [4.69, 9.17) is 14.2 Å². The number of aryl methyl sites for hydroxylation is 1. The fourth-order valence-corrected chi connectivity index (χ4v) is 3.50. The largest absolute Gasteiger partial charge is 0.497 e. The molecule has 0 aliphatic heterocycles. The molecule has 1 aromatic heterocycles. The van der Waals surface area contributed by atoms with Crippen LogP contribution >= 0.6 is 0 Å². The van der Waals surface area contributed by atoms with Gasteiger partial charge in [-0.15, -0.1) is 0 Å². The molecular formula is C23H31N3O5. The molecule has 0 radical (unpaired) electrons. The van der Waals surface area contributed by atoms with Crippen molar-refractivity contribution < 1.29 is 23.8 Å². The van der Waals surface area contributed by atoms with E-state index in [1.807, 2.05) is 34.8 Å². The lowest BCUT2D eigenvalue weighted by Gasteiger charge is -2.28. The van der Waals surface area contributed by atoms with Crippen molar-refractivity contribution in [2.75, 3.05) is 41.0 Å². The zero-order valence-corrected chi connectivity index (χ0v) is 18.7. The third kappa shape index (κ3) is 5.58. The molecule has 1 fully saturated rings. The molecule has 2 amide bonds. The van der Waals surface area contributed by atoms with E-state index in [9.17, 15) is 9.59 Å². The Hall–Kier alpha value is -3.00. The molecule has 0 unspecified atom stereocenters. The van der Waals surface area contributed by atoms with Crippen LogP contribution < -0.4 is 9.47 Å². The first-order chi connectivity index (χ1) is 15.0. The maximum atomic E-state index is 13.3. The van der Waals surface area contributed by atoms with Gasteiger partial charge in [0, 0.05) is 44.7 Å². The Balaban J connectivity index is 1.79. The van der Waals surface area contributed by atoms with Gasteiger partial charge in [-0.3, -0.25) is 9.59 Å². The fraction of sp³-hybridized carbons (Fsp3) is 0.478. The third-order valence-corrected chi connectivity index (χ3v) is 5.51. The summed E-state index contributed by atoms with van der Waals surface area (Å²) < 4.78 is 17.8. The lowest BCUT2D eigenvalue weighted by atomic mass is 10.1. The molecule has 31 heavy (non-hydrogen) atoms. The fourth-order valence-electron chi connectivity index (χ4n) is 3.50. The highest BCUT2D eigenvalue weighted by Crippen LogP contribution is 2.29. The summed E-state index contributed by atoms with van der Waals surface area (Å²) in [6.07, 6.45) is 3.96. The molecule has 1 saturated carbocycles. The van der Waals surface area contributed by atoms with E-state index in [0.29, 0.717) is 36.8 Å². The van der Waals surface area contributed by atoms with Gasteiger partial charge in [0.15, 0.2) is 0 Å². The Morgan fingerprint density at radius 3 is 2.48 bits per heavy atom. The number of hydrogen-bond acceptors (Lipinski definition) is 5. The lowest BCUT2D eigenvalue weighted by Crippen LogP contribution is -2.45. The second kappa shape index (κ2) is 10.3. The summed E-state index contributed by atoms with van der Waals surface area (Å²) in [6.45, 7) is 1.15. The molecule has 1 heterocycles. The highest BCUT2D eigenvalue weighted by Gasteiger charge is 2.34.